The summed E-state index contributed by atoms with van der Waals surface area (Å²) in [7, 11) is -8.55. The van der Waals surface area contributed by atoms with Gasteiger partial charge < -0.3 is 18.9 Å². The average Bonchev–Trinajstić information content (AvgIpc) is 3.44. The molecule has 0 radical (unpaired) electrons. The monoisotopic (exact) mass is 626 g/mol. The summed E-state index contributed by atoms with van der Waals surface area (Å²) in [6.45, 7) is 11.5. The lowest BCUT2D eigenvalue weighted by atomic mass is 10.0. The largest absolute Gasteiger partial charge is 0.348 e. The first-order valence-electron chi connectivity index (χ1n) is 14.2. The van der Waals surface area contributed by atoms with Gasteiger partial charge in [-0.25, -0.2) is 0 Å². The lowest BCUT2D eigenvalue weighted by molar-refractivity contribution is -0.141. The molecule has 0 aromatic heterocycles. The van der Waals surface area contributed by atoms with Crippen molar-refractivity contribution in [2.24, 2.45) is 0 Å². The van der Waals surface area contributed by atoms with E-state index in [0.29, 0.717) is 26.1 Å². The highest BCUT2D eigenvalue weighted by molar-refractivity contribution is 7.87. The normalized spacial score (nSPS) is 23.6. The summed E-state index contributed by atoms with van der Waals surface area (Å²) < 4.78 is 88.6. The van der Waals surface area contributed by atoms with Crippen molar-refractivity contribution in [3.8, 4) is 0 Å². The predicted octanol–water partition coefficient (Wildman–Crippen LogP) is 5.01. The lowest BCUT2D eigenvalue weighted by Gasteiger charge is -2.28. The molecule has 0 aliphatic carbocycles. The molecule has 2 aromatic carbocycles. The van der Waals surface area contributed by atoms with E-state index in [1.54, 1.807) is 52.0 Å². The van der Waals surface area contributed by atoms with E-state index in [1.165, 1.54) is 24.3 Å². The number of rotatable bonds is 13. The Hall–Kier alpha value is -1.90. The zero-order valence-electron chi connectivity index (χ0n) is 25.1. The Morgan fingerprint density at radius 2 is 1.00 bits per heavy atom. The molecule has 0 N–H and O–H groups in total. The minimum Gasteiger partial charge on any atom is -0.348 e. The zero-order valence-corrected chi connectivity index (χ0v) is 26.7. The summed E-state index contributed by atoms with van der Waals surface area (Å²) in [6.07, 6.45) is -1.97. The molecule has 0 saturated carbocycles. The van der Waals surface area contributed by atoms with Gasteiger partial charge in [0.2, 0.25) is 0 Å². The van der Waals surface area contributed by atoms with Gasteiger partial charge >= 0.3 is 0 Å². The molecule has 2 heterocycles. The van der Waals surface area contributed by atoms with E-state index >= 15 is 0 Å². The first kappa shape index (κ1) is 33.0. The van der Waals surface area contributed by atoms with Crippen molar-refractivity contribution in [3.63, 3.8) is 0 Å². The molecule has 2 saturated heterocycles. The first-order valence-corrected chi connectivity index (χ1v) is 17.0. The fourth-order valence-electron chi connectivity index (χ4n) is 4.95. The maximum absolute atomic E-state index is 13.4. The zero-order chi connectivity index (χ0) is 30.8. The lowest BCUT2D eigenvalue weighted by Crippen LogP contribution is -2.37. The summed E-state index contributed by atoms with van der Waals surface area (Å²) in [5, 5.41) is 0. The van der Waals surface area contributed by atoms with Gasteiger partial charge in [-0.3, -0.25) is 8.37 Å². The number of benzene rings is 2. The standard InChI is InChI=1S/C30H42O10S2/c1-21-7-13-25(14-8-21)41(31,32)39-27(17-11-23-19-35-29(3,4)37-23)28(18-12-24-20-36-30(5,6)38-24)40-42(33,34)26-15-9-22(2)10-16-26/h7-10,13-16,23-24,27-28H,11-12,17-20H2,1-6H3/t23-,24-,27-,28-/m1/s1. The third kappa shape index (κ3) is 9.06. The van der Waals surface area contributed by atoms with E-state index in [1.807, 2.05) is 13.8 Å². The molecule has 12 heteroatoms. The van der Waals surface area contributed by atoms with Crippen molar-refractivity contribution < 1.29 is 44.1 Å². The minimum absolute atomic E-state index is 0.0332. The van der Waals surface area contributed by atoms with Crippen LogP contribution in [0, 0.1) is 13.8 Å². The van der Waals surface area contributed by atoms with E-state index < -0.39 is 44.0 Å². The molecule has 2 aliphatic heterocycles. The maximum Gasteiger partial charge on any atom is 0.297 e. The third-order valence-corrected chi connectivity index (χ3v) is 9.92. The highest BCUT2D eigenvalue weighted by atomic mass is 32.2. The van der Waals surface area contributed by atoms with E-state index in [9.17, 15) is 16.8 Å². The van der Waals surface area contributed by atoms with Gasteiger partial charge in [-0.15, -0.1) is 0 Å². The number of ether oxygens (including phenoxy) is 4. The van der Waals surface area contributed by atoms with Crippen LogP contribution in [0.1, 0.15) is 64.5 Å². The van der Waals surface area contributed by atoms with Crippen LogP contribution in [-0.4, -0.2) is 66.0 Å². The topological polar surface area (TPSA) is 124 Å². The quantitative estimate of drug-likeness (QED) is 0.280. The molecule has 0 unspecified atom stereocenters. The van der Waals surface area contributed by atoms with E-state index in [4.69, 9.17) is 27.3 Å². The second kappa shape index (κ2) is 13.0. The Bertz CT molecular complexity index is 1290. The van der Waals surface area contributed by atoms with Gasteiger partial charge in [0, 0.05) is 0 Å². The van der Waals surface area contributed by atoms with Crippen LogP contribution < -0.4 is 0 Å². The molecular formula is C30H42O10S2. The Labute approximate surface area is 249 Å². The van der Waals surface area contributed by atoms with Gasteiger partial charge in [0.15, 0.2) is 11.6 Å². The second-order valence-electron chi connectivity index (χ2n) is 11.9. The minimum atomic E-state index is -4.27. The van der Waals surface area contributed by atoms with Gasteiger partial charge in [0.25, 0.3) is 20.2 Å². The van der Waals surface area contributed by atoms with Crippen LogP contribution in [-0.2, 0) is 47.5 Å². The Morgan fingerprint density at radius 1 is 0.667 bits per heavy atom. The van der Waals surface area contributed by atoms with Crippen LogP contribution in [0.5, 0.6) is 0 Å². The second-order valence-corrected chi connectivity index (χ2v) is 15.0. The number of hydrogen-bond donors (Lipinski definition) is 0. The van der Waals surface area contributed by atoms with Crippen molar-refractivity contribution in [1.29, 1.82) is 0 Å². The summed E-state index contributed by atoms with van der Waals surface area (Å²) in [5.41, 5.74) is 1.78. The van der Waals surface area contributed by atoms with Crippen LogP contribution in [0.2, 0.25) is 0 Å². The van der Waals surface area contributed by atoms with E-state index in [-0.39, 0.29) is 34.8 Å². The molecule has 2 aromatic rings. The maximum atomic E-state index is 13.4. The third-order valence-electron chi connectivity index (χ3n) is 7.22. The summed E-state index contributed by atoms with van der Waals surface area (Å²) >= 11 is 0. The van der Waals surface area contributed by atoms with Gasteiger partial charge in [-0.05, 0) is 91.5 Å². The van der Waals surface area contributed by atoms with Crippen molar-refractivity contribution in [2.75, 3.05) is 13.2 Å². The molecule has 0 bridgehead atoms. The smallest absolute Gasteiger partial charge is 0.297 e. The number of aryl methyl sites for hydroxylation is 2. The molecule has 42 heavy (non-hydrogen) atoms. The van der Waals surface area contributed by atoms with Gasteiger partial charge in [-0.1, -0.05) is 35.4 Å². The van der Waals surface area contributed by atoms with Gasteiger partial charge in [0.05, 0.1) is 35.2 Å². The molecule has 0 spiro atoms. The predicted molar refractivity (Wildman–Crippen MR) is 155 cm³/mol. The molecule has 10 nitrogen and oxygen atoms in total. The Balaban J connectivity index is 1.63. The molecule has 4 atom stereocenters. The summed E-state index contributed by atoms with van der Waals surface area (Å²) in [5.74, 6) is -1.54. The van der Waals surface area contributed by atoms with Gasteiger partial charge in [-0.2, -0.15) is 16.8 Å². The summed E-state index contributed by atoms with van der Waals surface area (Å²) in [4.78, 5) is -0.0665. The molecule has 234 valence electrons. The highest BCUT2D eigenvalue weighted by Gasteiger charge is 2.39. The molecule has 2 fully saturated rings. The summed E-state index contributed by atoms with van der Waals surface area (Å²) in [6, 6.07) is 12.5. The van der Waals surface area contributed by atoms with Gasteiger partial charge in [0.1, 0.15) is 12.2 Å². The first-order chi connectivity index (χ1) is 19.5. The van der Waals surface area contributed by atoms with Crippen LogP contribution >= 0.6 is 0 Å². The molecule has 0 amide bonds. The average molecular weight is 627 g/mol. The van der Waals surface area contributed by atoms with Crippen LogP contribution in [0.15, 0.2) is 58.3 Å². The molecule has 2 aliphatic rings. The van der Waals surface area contributed by atoms with Crippen LogP contribution in [0.4, 0.5) is 0 Å². The van der Waals surface area contributed by atoms with Crippen molar-refractivity contribution in [2.45, 2.75) is 113 Å². The van der Waals surface area contributed by atoms with Crippen molar-refractivity contribution in [3.05, 3.63) is 59.7 Å². The van der Waals surface area contributed by atoms with E-state index in [2.05, 4.69) is 0 Å². The van der Waals surface area contributed by atoms with Crippen molar-refractivity contribution in [1.82, 2.24) is 0 Å². The van der Waals surface area contributed by atoms with Crippen molar-refractivity contribution >= 4 is 20.2 Å². The molecular weight excluding hydrogens is 584 g/mol. The Kier molecular flexibility index (Phi) is 10.2. The van der Waals surface area contributed by atoms with Crippen LogP contribution in [0.25, 0.3) is 0 Å². The highest BCUT2D eigenvalue weighted by Crippen LogP contribution is 2.32. The Morgan fingerprint density at radius 3 is 1.29 bits per heavy atom. The van der Waals surface area contributed by atoms with E-state index in [0.717, 1.165) is 11.1 Å². The molecule has 4 rings (SSSR count). The SMILES string of the molecule is Cc1ccc(S(=O)(=O)O[C@H](CC[C@@H]2COC(C)(C)O2)[C@@H](CC[C@@H]2COC(C)(C)O2)OS(=O)(=O)c2ccc(C)cc2)cc1. The van der Waals surface area contributed by atoms with Crippen LogP contribution in [0.3, 0.4) is 0 Å². The fraction of sp³-hybridized carbons (Fsp3) is 0.600. The fourth-order valence-corrected chi connectivity index (χ4v) is 7.20. The number of hydrogen-bond acceptors (Lipinski definition) is 10.